The van der Waals surface area contributed by atoms with Crippen LogP contribution >= 0.6 is 0 Å². The van der Waals surface area contributed by atoms with Crippen LogP contribution in [0.4, 0.5) is 13.2 Å². The van der Waals surface area contributed by atoms with Gasteiger partial charge in [0.05, 0.1) is 6.61 Å². The number of carbonyl (C=O) groups is 1. The highest BCUT2D eigenvalue weighted by atomic mass is 19.4. The number of nitrogens with one attached hydrogen (secondary N) is 1. The number of nitrogens with zero attached hydrogens (tertiary/aromatic N) is 1. The number of piperidine rings is 1. The lowest BCUT2D eigenvalue weighted by Gasteiger charge is -2.47. The molecule has 1 aromatic carbocycles. The predicted octanol–water partition coefficient (Wildman–Crippen LogP) is 3.50. The molecule has 7 heteroatoms. The highest BCUT2D eigenvalue weighted by Gasteiger charge is 2.42. The number of aromatic nitrogens is 1. The van der Waals surface area contributed by atoms with Gasteiger partial charge in [0.1, 0.15) is 11.3 Å². The topological polar surface area (TPSA) is 51.2 Å². The van der Waals surface area contributed by atoms with Crippen LogP contribution in [0.15, 0.2) is 42.6 Å². The van der Waals surface area contributed by atoms with Crippen molar-refractivity contribution in [3.63, 3.8) is 0 Å². The van der Waals surface area contributed by atoms with Gasteiger partial charge in [0.2, 0.25) is 0 Å². The zero-order chi connectivity index (χ0) is 19.1. The second kappa shape index (κ2) is 6.73. The molecule has 0 saturated carbocycles. The molecule has 0 amide bonds. The molecule has 3 aliphatic heterocycles. The third kappa shape index (κ3) is 3.61. The van der Waals surface area contributed by atoms with Crippen molar-refractivity contribution in [3.05, 3.63) is 65.0 Å². The molecular formula is C20H19F3N2O2. The minimum Gasteiger partial charge on any atom is -0.367 e. The number of hydrogen-bond acceptors (Lipinski definition) is 4. The van der Waals surface area contributed by atoms with Crippen LogP contribution in [0.3, 0.4) is 0 Å². The van der Waals surface area contributed by atoms with Crippen molar-refractivity contribution in [2.45, 2.75) is 37.1 Å². The molecule has 0 aliphatic carbocycles. The van der Waals surface area contributed by atoms with Crippen LogP contribution in [-0.2, 0) is 22.9 Å². The van der Waals surface area contributed by atoms with E-state index in [0.717, 1.165) is 42.8 Å². The first-order valence-corrected chi connectivity index (χ1v) is 8.89. The Balaban J connectivity index is 1.48. The van der Waals surface area contributed by atoms with Gasteiger partial charge in [-0.2, -0.15) is 13.2 Å². The smallest absolute Gasteiger partial charge is 0.367 e. The second-order valence-electron chi connectivity index (χ2n) is 7.15. The molecule has 142 valence electrons. The maximum absolute atomic E-state index is 12.8. The van der Waals surface area contributed by atoms with E-state index in [1.807, 2.05) is 24.3 Å². The molecule has 2 atom stereocenters. The predicted molar refractivity (Wildman–Crippen MR) is 92.4 cm³/mol. The number of ether oxygens (including phenoxy) is 1. The highest BCUT2D eigenvalue weighted by molar-refractivity contribution is 5.97. The Kier molecular flexibility index (Phi) is 4.52. The number of fused-ring (bicyclic) bond motifs is 3. The molecule has 27 heavy (non-hydrogen) atoms. The molecule has 2 bridgehead atoms. The molecule has 2 unspecified atom stereocenters. The van der Waals surface area contributed by atoms with Crippen molar-refractivity contribution in [3.8, 4) is 0 Å². The fourth-order valence-electron chi connectivity index (χ4n) is 3.74. The first-order valence-electron chi connectivity index (χ1n) is 8.89. The van der Waals surface area contributed by atoms with E-state index in [2.05, 4.69) is 10.3 Å². The van der Waals surface area contributed by atoms with E-state index in [1.165, 1.54) is 6.07 Å². The average molecular weight is 376 g/mol. The number of halogens is 3. The summed E-state index contributed by atoms with van der Waals surface area (Å²) < 4.78 is 44.3. The number of Topliss-reactive ketones (excluding diaryl/α,β-unsaturated/α-hetero) is 1. The SMILES string of the molecule is O=C(Cc1ccc(C23CCC(CO2)NC3)cc1)c1ccnc(C(F)(F)F)c1. The molecule has 2 aromatic rings. The van der Waals surface area contributed by atoms with Gasteiger partial charge in [-0.3, -0.25) is 9.78 Å². The van der Waals surface area contributed by atoms with Gasteiger partial charge in [-0.25, -0.2) is 0 Å². The van der Waals surface area contributed by atoms with E-state index >= 15 is 0 Å². The van der Waals surface area contributed by atoms with Crippen molar-refractivity contribution in [1.82, 2.24) is 10.3 Å². The summed E-state index contributed by atoms with van der Waals surface area (Å²) in [6.07, 6.45) is -1.48. The number of morpholine rings is 1. The Morgan fingerprint density at radius 2 is 2.04 bits per heavy atom. The lowest BCUT2D eigenvalue weighted by Crippen LogP contribution is -2.57. The number of alkyl halides is 3. The second-order valence-corrected chi connectivity index (χ2v) is 7.15. The van der Waals surface area contributed by atoms with Crippen LogP contribution in [0.2, 0.25) is 0 Å². The maximum Gasteiger partial charge on any atom is 0.433 e. The van der Waals surface area contributed by atoms with E-state index in [9.17, 15) is 18.0 Å². The molecule has 0 radical (unpaired) electrons. The largest absolute Gasteiger partial charge is 0.433 e. The molecule has 0 spiro atoms. The fraction of sp³-hybridized carbons (Fsp3) is 0.400. The summed E-state index contributed by atoms with van der Waals surface area (Å²) >= 11 is 0. The zero-order valence-corrected chi connectivity index (χ0v) is 14.6. The van der Waals surface area contributed by atoms with Crippen LogP contribution in [0, 0.1) is 0 Å². The Morgan fingerprint density at radius 1 is 1.26 bits per heavy atom. The fourth-order valence-corrected chi connectivity index (χ4v) is 3.74. The molecule has 4 heterocycles. The number of carbonyl (C=O) groups excluding carboxylic acids is 1. The summed E-state index contributed by atoms with van der Waals surface area (Å²) in [4.78, 5) is 15.7. The molecule has 3 fully saturated rings. The number of pyridine rings is 1. The number of ketones is 1. The van der Waals surface area contributed by atoms with Gasteiger partial charge in [0, 0.05) is 30.8 Å². The van der Waals surface area contributed by atoms with Gasteiger partial charge in [0.25, 0.3) is 0 Å². The molecule has 3 aliphatic rings. The summed E-state index contributed by atoms with van der Waals surface area (Å²) in [5.41, 5.74) is 0.457. The van der Waals surface area contributed by atoms with Gasteiger partial charge in [0.15, 0.2) is 5.78 Å². The van der Waals surface area contributed by atoms with Gasteiger partial charge in [-0.15, -0.1) is 0 Å². The van der Waals surface area contributed by atoms with Crippen LogP contribution in [0.25, 0.3) is 0 Å². The quantitative estimate of drug-likeness (QED) is 0.830. The molecule has 1 N–H and O–H groups in total. The van der Waals surface area contributed by atoms with E-state index in [4.69, 9.17) is 4.74 Å². The highest BCUT2D eigenvalue weighted by Crippen LogP contribution is 2.38. The van der Waals surface area contributed by atoms with Gasteiger partial charge < -0.3 is 10.1 Å². The molecule has 3 saturated heterocycles. The summed E-state index contributed by atoms with van der Waals surface area (Å²) in [5, 5.41) is 3.47. The van der Waals surface area contributed by atoms with Crippen molar-refractivity contribution in [2.24, 2.45) is 0 Å². The summed E-state index contributed by atoms with van der Waals surface area (Å²) in [5.74, 6) is -0.370. The first kappa shape index (κ1) is 18.1. The van der Waals surface area contributed by atoms with E-state index in [-0.39, 0.29) is 23.4 Å². The molecule has 1 aromatic heterocycles. The minimum absolute atomic E-state index is 0.0122. The summed E-state index contributed by atoms with van der Waals surface area (Å²) in [6, 6.07) is 10.1. The Hall–Kier alpha value is -2.25. The van der Waals surface area contributed by atoms with Crippen molar-refractivity contribution >= 4 is 5.78 Å². The number of benzene rings is 1. The average Bonchev–Trinajstić information content (AvgIpc) is 2.69. The third-order valence-electron chi connectivity index (χ3n) is 5.35. The van der Waals surface area contributed by atoms with Gasteiger partial charge in [-0.05, 0) is 36.1 Å². The van der Waals surface area contributed by atoms with E-state index in [1.54, 1.807) is 0 Å². The zero-order valence-electron chi connectivity index (χ0n) is 14.6. The molecular weight excluding hydrogens is 357 g/mol. The minimum atomic E-state index is -4.57. The normalized spacial score (nSPS) is 24.8. The van der Waals surface area contributed by atoms with Crippen LogP contribution < -0.4 is 5.32 Å². The Labute approximate surface area is 154 Å². The number of rotatable bonds is 4. The Morgan fingerprint density at radius 3 is 2.63 bits per heavy atom. The van der Waals surface area contributed by atoms with Crippen molar-refractivity contribution < 1.29 is 22.7 Å². The van der Waals surface area contributed by atoms with Gasteiger partial charge in [-0.1, -0.05) is 24.3 Å². The van der Waals surface area contributed by atoms with Gasteiger partial charge >= 0.3 is 6.18 Å². The van der Waals surface area contributed by atoms with Crippen LogP contribution in [0.5, 0.6) is 0 Å². The lowest BCUT2D eigenvalue weighted by atomic mass is 9.81. The summed E-state index contributed by atoms with van der Waals surface area (Å²) in [6.45, 7) is 1.47. The molecule has 5 rings (SSSR count). The summed E-state index contributed by atoms with van der Waals surface area (Å²) in [7, 11) is 0. The monoisotopic (exact) mass is 376 g/mol. The maximum atomic E-state index is 12.8. The lowest BCUT2D eigenvalue weighted by molar-refractivity contribution is -0.141. The standard InChI is InChI=1S/C20H19F3N2O2/c21-20(22,23)18-10-14(6-8-24-18)17(26)9-13-1-3-15(4-2-13)19-7-5-16(11-27-19)25-12-19/h1-4,6,8,10,16,25H,5,7,9,11-12H2. The van der Waals surface area contributed by atoms with E-state index < -0.39 is 11.9 Å². The number of hydrogen-bond donors (Lipinski definition) is 1. The Bertz CT molecular complexity index is 827. The van der Waals surface area contributed by atoms with Crippen molar-refractivity contribution in [2.75, 3.05) is 13.2 Å². The molecule has 4 nitrogen and oxygen atoms in total. The van der Waals surface area contributed by atoms with Crippen LogP contribution in [0.1, 0.15) is 40.0 Å². The van der Waals surface area contributed by atoms with E-state index in [0.29, 0.717) is 12.6 Å². The van der Waals surface area contributed by atoms with Crippen LogP contribution in [-0.4, -0.2) is 30.0 Å². The third-order valence-corrected chi connectivity index (χ3v) is 5.35. The first-order chi connectivity index (χ1) is 12.9. The van der Waals surface area contributed by atoms with Crippen molar-refractivity contribution in [1.29, 1.82) is 0 Å².